The molecule has 1 aromatic heterocycles. The van der Waals surface area contributed by atoms with Crippen molar-refractivity contribution >= 4 is 22.5 Å². The normalized spacial score (nSPS) is 22.2. The van der Waals surface area contributed by atoms with Crippen molar-refractivity contribution in [1.29, 1.82) is 0 Å². The van der Waals surface area contributed by atoms with Crippen LogP contribution in [0.25, 0.3) is 10.9 Å². The minimum absolute atomic E-state index is 0.0558. The molecule has 6 nitrogen and oxygen atoms in total. The van der Waals surface area contributed by atoms with Crippen molar-refractivity contribution in [3.8, 4) is 0 Å². The standard InChI is InChI=1S/C14H18N4O2/c1-20-12-4-2-3-11(12)16-14(19)13-9-7-8(15)5-6-10(9)17-18-13/h5-7,11-12H,2-4,15H2,1H3,(H,16,19)(H,17,18). The van der Waals surface area contributed by atoms with Crippen LogP contribution in [0, 0.1) is 0 Å². The Hall–Kier alpha value is -2.08. The van der Waals surface area contributed by atoms with Gasteiger partial charge in [0.1, 0.15) is 0 Å². The first-order chi connectivity index (χ1) is 9.69. The molecule has 0 bridgehead atoms. The van der Waals surface area contributed by atoms with E-state index < -0.39 is 0 Å². The van der Waals surface area contributed by atoms with Gasteiger partial charge in [0, 0.05) is 18.2 Å². The molecule has 1 saturated carbocycles. The lowest BCUT2D eigenvalue weighted by Gasteiger charge is -2.19. The van der Waals surface area contributed by atoms with E-state index in [1.807, 2.05) is 6.07 Å². The molecule has 6 heteroatoms. The second-order valence-corrected chi connectivity index (χ2v) is 5.16. The number of nitrogens with two attached hydrogens (primary N) is 1. The van der Waals surface area contributed by atoms with Crippen LogP contribution in [-0.4, -0.2) is 35.4 Å². The topological polar surface area (TPSA) is 93.0 Å². The lowest BCUT2D eigenvalue weighted by molar-refractivity contribution is 0.0720. The highest BCUT2D eigenvalue weighted by molar-refractivity contribution is 6.05. The van der Waals surface area contributed by atoms with E-state index in [1.54, 1.807) is 19.2 Å². The van der Waals surface area contributed by atoms with Gasteiger partial charge >= 0.3 is 0 Å². The second kappa shape index (κ2) is 5.13. The van der Waals surface area contributed by atoms with Crippen molar-refractivity contribution in [2.45, 2.75) is 31.4 Å². The number of hydrogen-bond acceptors (Lipinski definition) is 4. The van der Waals surface area contributed by atoms with Gasteiger partial charge in [-0.1, -0.05) is 0 Å². The van der Waals surface area contributed by atoms with Gasteiger partial charge in [0.15, 0.2) is 5.69 Å². The van der Waals surface area contributed by atoms with Gasteiger partial charge in [-0.2, -0.15) is 5.10 Å². The molecule has 2 atom stereocenters. The molecule has 0 aliphatic heterocycles. The Labute approximate surface area is 116 Å². The third-order valence-electron chi connectivity index (χ3n) is 3.87. The number of carbonyl (C=O) groups is 1. The van der Waals surface area contributed by atoms with Crippen LogP contribution in [0.2, 0.25) is 0 Å². The summed E-state index contributed by atoms with van der Waals surface area (Å²) in [6.07, 6.45) is 3.08. The van der Waals surface area contributed by atoms with Crippen molar-refractivity contribution in [3.63, 3.8) is 0 Å². The van der Waals surface area contributed by atoms with E-state index in [0.29, 0.717) is 11.4 Å². The average molecular weight is 274 g/mol. The maximum absolute atomic E-state index is 12.4. The van der Waals surface area contributed by atoms with E-state index in [2.05, 4.69) is 15.5 Å². The summed E-state index contributed by atoms with van der Waals surface area (Å²) in [5.41, 5.74) is 7.57. The molecule has 2 aromatic rings. The summed E-state index contributed by atoms with van der Waals surface area (Å²) in [6.45, 7) is 0. The summed E-state index contributed by atoms with van der Waals surface area (Å²) in [5, 5.41) is 10.7. The number of carbonyl (C=O) groups excluding carboxylic acids is 1. The average Bonchev–Trinajstić information content (AvgIpc) is 3.04. The van der Waals surface area contributed by atoms with Gasteiger partial charge in [0.2, 0.25) is 0 Å². The van der Waals surface area contributed by atoms with Crippen LogP contribution in [0.3, 0.4) is 0 Å². The molecule has 1 aliphatic rings. The number of nitrogen functional groups attached to an aromatic ring is 1. The first-order valence-corrected chi connectivity index (χ1v) is 6.76. The number of ether oxygens (including phenoxy) is 1. The zero-order valence-electron chi connectivity index (χ0n) is 11.3. The fourth-order valence-electron chi connectivity index (χ4n) is 2.81. The highest BCUT2D eigenvalue weighted by Crippen LogP contribution is 2.23. The van der Waals surface area contributed by atoms with Gasteiger partial charge in [0.25, 0.3) is 5.91 Å². The van der Waals surface area contributed by atoms with Gasteiger partial charge in [-0.05, 0) is 37.5 Å². The number of aromatic nitrogens is 2. The Morgan fingerprint density at radius 1 is 1.50 bits per heavy atom. The maximum atomic E-state index is 12.4. The van der Waals surface area contributed by atoms with Gasteiger partial charge < -0.3 is 15.8 Å². The number of anilines is 1. The van der Waals surface area contributed by atoms with Crippen LogP contribution in [0.15, 0.2) is 18.2 Å². The molecule has 0 saturated heterocycles. The van der Waals surface area contributed by atoms with E-state index in [-0.39, 0.29) is 18.1 Å². The third-order valence-corrected chi connectivity index (χ3v) is 3.87. The van der Waals surface area contributed by atoms with Gasteiger partial charge in [-0.15, -0.1) is 0 Å². The molecular formula is C14H18N4O2. The van der Waals surface area contributed by atoms with E-state index in [4.69, 9.17) is 10.5 Å². The molecule has 4 N–H and O–H groups in total. The number of benzene rings is 1. The molecule has 0 spiro atoms. The summed E-state index contributed by atoms with van der Waals surface area (Å²) in [7, 11) is 1.68. The number of nitrogens with zero attached hydrogens (tertiary/aromatic N) is 1. The van der Waals surface area contributed by atoms with Crippen LogP contribution in [0.4, 0.5) is 5.69 Å². The van der Waals surface area contributed by atoms with Crippen molar-refractivity contribution in [1.82, 2.24) is 15.5 Å². The number of hydrogen-bond donors (Lipinski definition) is 3. The number of H-pyrrole nitrogens is 1. The molecule has 20 heavy (non-hydrogen) atoms. The Balaban J connectivity index is 1.84. The largest absolute Gasteiger partial charge is 0.399 e. The van der Waals surface area contributed by atoms with Crippen molar-refractivity contribution in [2.24, 2.45) is 0 Å². The predicted octanol–water partition coefficient (Wildman–Crippen LogP) is 1.44. The summed E-state index contributed by atoms with van der Waals surface area (Å²) in [5.74, 6) is -0.184. The van der Waals surface area contributed by atoms with E-state index in [9.17, 15) is 4.79 Å². The number of aromatic amines is 1. The molecule has 3 rings (SSSR count). The molecule has 1 aromatic carbocycles. The summed E-state index contributed by atoms with van der Waals surface area (Å²) in [6, 6.07) is 5.42. The lowest BCUT2D eigenvalue weighted by atomic mass is 10.1. The first-order valence-electron chi connectivity index (χ1n) is 6.76. The molecule has 0 radical (unpaired) electrons. The zero-order chi connectivity index (χ0) is 14.1. The fourth-order valence-corrected chi connectivity index (χ4v) is 2.81. The monoisotopic (exact) mass is 274 g/mol. The molecule has 1 fully saturated rings. The molecule has 106 valence electrons. The number of rotatable bonds is 3. The van der Waals surface area contributed by atoms with Crippen LogP contribution in [0.1, 0.15) is 29.8 Å². The fraction of sp³-hybridized carbons (Fsp3) is 0.429. The predicted molar refractivity (Wildman–Crippen MR) is 76.4 cm³/mol. The maximum Gasteiger partial charge on any atom is 0.272 e. The molecule has 1 amide bonds. The smallest absolute Gasteiger partial charge is 0.272 e. The Bertz CT molecular complexity index is 637. The highest BCUT2D eigenvalue weighted by atomic mass is 16.5. The number of fused-ring (bicyclic) bond motifs is 1. The summed E-state index contributed by atoms with van der Waals surface area (Å²) < 4.78 is 5.39. The lowest BCUT2D eigenvalue weighted by Crippen LogP contribution is -2.40. The summed E-state index contributed by atoms with van der Waals surface area (Å²) >= 11 is 0. The van der Waals surface area contributed by atoms with E-state index in [0.717, 1.165) is 30.2 Å². The van der Waals surface area contributed by atoms with E-state index >= 15 is 0 Å². The Morgan fingerprint density at radius 2 is 2.35 bits per heavy atom. The molecule has 1 heterocycles. The third kappa shape index (κ3) is 2.22. The molecular weight excluding hydrogens is 256 g/mol. The minimum atomic E-state index is -0.184. The Kier molecular flexibility index (Phi) is 3.31. The van der Waals surface area contributed by atoms with Crippen LogP contribution in [0.5, 0.6) is 0 Å². The van der Waals surface area contributed by atoms with Crippen molar-refractivity contribution in [2.75, 3.05) is 12.8 Å². The molecule has 1 aliphatic carbocycles. The van der Waals surface area contributed by atoms with Crippen molar-refractivity contribution < 1.29 is 9.53 Å². The number of amides is 1. The summed E-state index contributed by atoms with van der Waals surface area (Å²) in [4.78, 5) is 12.4. The zero-order valence-corrected chi connectivity index (χ0v) is 11.3. The quantitative estimate of drug-likeness (QED) is 0.738. The number of methoxy groups -OCH3 is 1. The van der Waals surface area contributed by atoms with Gasteiger partial charge in [-0.3, -0.25) is 9.89 Å². The minimum Gasteiger partial charge on any atom is -0.399 e. The first kappa shape index (κ1) is 12.9. The number of nitrogens with one attached hydrogen (secondary N) is 2. The second-order valence-electron chi connectivity index (χ2n) is 5.16. The van der Waals surface area contributed by atoms with Crippen LogP contribution >= 0.6 is 0 Å². The SMILES string of the molecule is COC1CCCC1NC(=O)c1n[nH]c2ccc(N)cc12. The van der Waals surface area contributed by atoms with Crippen LogP contribution in [-0.2, 0) is 4.74 Å². The van der Waals surface area contributed by atoms with Crippen LogP contribution < -0.4 is 11.1 Å². The van der Waals surface area contributed by atoms with Gasteiger partial charge in [0.05, 0.1) is 17.7 Å². The van der Waals surface area contributed by atoms with Gasteiger partial charge in [-0.25, -0.2) is 0 Å². The molecule has 2 unspecified atom stereocenters. The van der Waals surface area contributed by atoms with Crippen molar-refractivity contribution in [3.05, 3.63) is 23.9 Å². The highest BCUT2D eigenvalue weighted by Gasteiger charge is 2.29. The Morgan fingerprint density at radius 3 is 3.15 bits per heavy atom. The van der Waals surface area contributed by atoms with E-state index in [1.165, 1.54) is 0 Å².